The average Bonchev–Trinajstić information content (AvgIpc) is 2.39. The molecule has 1 saturated heterocycles. The Morgan fingerprint density at radius 3 is 2.68 bits per heavy atom. The number of nitrogens with zero attached hydrogens (tertiary/aromatic N) is 3. The molecule has 0 aromatic rings. The maximum atomic E-state index is 11.9. The molecule has 1 fully saturated rings. The molecular weight excluding hydrogens is 240 g/mol. The van der Waals surface area contributed by atoms with Crippen molar-refractivity contribution >= 4 is 12.1 Å². The van der Waals surface area contributed by atoms with Gasteiger partial charge in [-0.15, -0.1) is 6.42 Å². The van der Waals surface area contributed by atoms with Gasteiger partial charge in [-0.2, -0.15) is 0 Å². The number of aliphatic imine (C=N–C) groups is 1. The molecule has 0 spiro atoms. The molecule has 1 amide bonds. The van der Waals surface area contributed by atoms with Gasteiger partial charge in [0.05, 0.1) is 6.54 Å². The Balaban J connectivity index is 2.43. The molecule has 19 heavy (non-hydrogen) atoms. The predicted octanol–water partition coefficient (Wildman–Crippen LogP) is 0.305. The summed E-state index contributed by atoms with van der Waals surface area (Å²) in [6.45, 7) is 6.18. The van der Waals surface area contributed by atoms with Gasteiger partial charge in [0.1, 0.15) is 5.82 Å². The van der Waals surface area contributed by atoms with Crippen LogP contribution >= 0.6 is 0 Å². The molecule has 1 heterocycles. The highest BCUT2D eigenvalue weighted by Crippen LogP contribution is 1.99. The SMILES string of the molecule is C#C/C=C(\N=C/CC)NC(=O)CN1CCN(C)CC1. The Kier molecular flexibility index (Phi) is 6.86. The van der Waals surface area contributed by atoms with Gasteiger partial charge in [0.15, 0.2) is 0 Å². The number of amides is 1. The van der Waals surface area contributed by atoms with Crippen LogP contribution in [0.4, 0.5) is 0 Å². The van der Waals surface area contributed by atoms with E-state index in [9.17, 15) is 4.79 Å². The molecule has 1 aliphatic heterocycles. The van der Waals surface area contributed by atoms with Crippen molar-refractivity contribution in [3.05, 3.63) is 11.9 Å². The van der Waals surface area contributed by atoms with Crippen LogP contribution in [0.5, 0.6) is 0 Å². The van der Waals surface area contributed by atoms with E-state index in [2.05, 4.69) is 33.1 Å². The van der Waals surface area contributed by atoms with Gasteiger partial charge in [0.2, 0.25) is 5.91 Å². The van der Waals surface area contributed by atoms with Gasteiger partial charge in [-0.25, -0.2) is 4.99 Å². The van der Waals surface area contributed by atoms with E-state index in [-0.39, 0.29) is 5.91 Å². The fourth-order valence-corrected chi connectivity index (χ4v) is 1.77. The van der Waals surface area contributed by atoms with Crippen LogP contribution in [-0.2, 0) is 4.79 Å². The molecule has 104 valence electrons. The summed E-state index contributed by atoms with van der Waals surface area (Å²) in [5, 5.41) is 2.74. The minimum atomic E-state index is -0.0701. The Morgan fingerprint density at radius 2 is 2.11 bits per heavy atom. The number of likely N-dealkylation sites (N-methyl/N-ethyl adjacent to an activating group) is 1. The maximum Gasteiger partial charge on any atom is 0.239 e. The molecule has 0 atom stereocenters. The summed E-state index contributed by atoms with van der Waals surface area (Å²) >= 11 is 0. The zero-order valence-electron chi connectivity index (χ0n) is 11.7. The third kappa shape index (κ3) is 6.18. The fraction of sp³-hybridized carbons (Fsp3) is 0.571. The highest BCUT2D eigenvalue weighted by atomic mass is 16.2. The minimum absolute atomic E-state index is 0.0701. The lowest BCUT2D eigenvalue weighted by atomic mass is 10.3. The topological polar surface area (TPSA) is 47.9 Å². The number of rotatable bonds is 5. The predicted molar refractivity (Wildman–Crippen MR) is 77.8 cm³/mol. The van der Waals surface area contributed by atoms with Crippen LogP contribution in [0.2, 0.25) is 0 Å². The molecule has 5 nitrogen and oxygen atoms in total. The Labute approximate surface area is 115 Å². The van der Waals surface area contributed by atoms with Gasteiger partial charge in [-0.3, -0.25) is 9.69 Å². The second kappa shape index (κ2) is 8.46. The van der Waals surface area contributed by atoms with Crippen LogP contribution in [0.3, 0.4) is 0 Å². The van der Waals surface area contributed by atoms with Crippen molar-refractivity contribution < 1.29 is 4.79 Å². The van der Waals surface area contributed by atoms with Crippen LogP contribution < -0.4 is 5.32 Å². The van der Waals surface area contributed by atoms with Gasteiger partial charge in [-0.1, -0.05) is 12.8 Å². The number of piperazine rings is 1. The first-order chi connectivity index (χ1) is 9.15. The smallest absolute Gasteiger partial charge is 0.239 e. The van der Waals surface area contributed by atoms with Crippen LogP contribution in [-0.4, -0.2) is 61.7 Å². The van der Waals surface area contributed by atoms with Crippen LogP contribution in [0.15, 0.2) is 16.9 Å². The summed E-state index contributed by atoms with van der Waals surface area (Å²) in [6.07, 6.45) is 9.20. The molecule has 0 aliphatic carbocycles. The highest BCUT2D eigenvalue weighted by molar-refractivity contribution is 5.80. The summed E-state index contributed by atoms with van der Waals surface area (Å²) < 4.78 is 0. The summed E-state index contributed by atoms with van der Waals surface area (Å²) in [5.41, 5.74) is 0. The van der Waals surface area contributed by atoms with E-state index in [0.717, 1.165) is 32.6 Å². The molecule has 0 radical (unpaired) electrons. The van der Waals surface area contributed by atoms with E-state index in [4.69, 9.17) is 6.42 Å². The second-order valence-corrected chi connectivity index (χ2v) is 4.54. The van der Waals surface area contributed by atoms with Gasteiger partial charge < -0.3 is 10.2 Å². The lowest BCUT2D eigenvalue weighted by Crippen LogP contribution is -2.47. The largest absolute Gasteiger partial charge is 0.309 e. The quantitative estimate of drug-likeness (QED) is 0.573. The number of allylic oxidation sites excluding steroid dienone is 1. The monoisotopic (exact) mass is 262 g/mol. The van der Waals surface area contributed by atoms with Crippen molar-refractivity contribution in [3.8, 4) is 12.3 Å². The third-order valence-corrected chi connectivity index (χ3v) is 2.86. The minimum Gasteiger partial charge on any atom is -0.309 e. The van der Waals surface area contributed by atoms with Gasteiger partial charge in [0, 0.05) is 38.5 Å². The summed E-state index contributed by atoms with van der Waals surface area (Å²) in [5.74, 6) is 2.74. The average molecular weight is 262 g/mol. The summed E-state index contributed by atoms with van der Waals surface area (Å²) in [6, 6.07) is 0. The first kappa shape index (κ1) is 15.4. The Bertz CT molecular complexity index is 387. The van der Waals surface area contributed by atoms with E-state index in [1.165, 1.54) is 6.08 Å². The molecule has 0 aromatic heterocycles. The van der Waals surface area contributed by atoms with Gasteiger partial charge >= 0.3 is 0 Å². The fourth-order valence-electron chi connectivity index (χ4n) is 1.77. The van der Waals surface area contributed by atoms with Gasteiger partial charge in [-0.05, 0) is 13.5 Å². The van der Waals surface area contributed by atoms with E-state index in [0.29, 0.717) is 12.4 Å². The number of hydrogen-bond acceptors (Lipinski definition) is 4. The number of carbonyl (C=O) groups is 1. The van der Waals surface area contributed by atoms with Crippen molar-refractivity contribution in [2.45, 2.75) is 13.3 Å². The molecule has 1 N–H and O–H groups in total. The lowest BCUT2D eigenvalue weighted by molar-refractivity contribution is -0.121. The van der Waals surface area contributed by atoms with Crippen LogP contribution in [0.1, 0.15) is 13.3 Å². The zero-order chi connectivity index (χ0) is 14.1. The lowest BCUT2D eigenvalue weighted by Gasteiger charge is -2.31. The zero-order valence-corrected chi connectivity index (χ0v) is 11.7. The standard InChI is InChI=1S/C14H22N4O/c1-4-6-13(15-7-5-2)16-14(19)12-18-10-8-17(3)9-11-18/h1,6-7H,5,8-12H2,2-3H3,(H,16,19)/b13-6+,15-7-. The van der Waals surface area contributed by atoms with Crippen molar-refractivity contribution in [2.24, 2.45) is 4.99 Å². The Morgan fingerprint density at radius 1 is 1.42 bits per heavy atom. The normalized spacial score (nSPS) is 18.5. The highest BCUT2D eigenvalue weighted by Gasteiger charge is 2.16. The van der Waals surface area contributed by atoms with Crippen molar-refractivity contribution in [2.75, 3.05) is 39.8 Å². The summed E-state index contributed by atoms with van der Waals surface area (Å²) in [7, 11) is 2.09. The first-order valence-electron chi connectivity index (χ1n) is 6.55. The molecule has 1 rings (SSSR count). The van der Waals surface area contributed by atoms with Crippen LogP contribution in [0, 0.1) is 12.3 Å². The van der Waals surface area contributed by atoms with Crippen molar-refractivity contribution in [1.82, 2.24) is 15.1 Å². The molecule has 1 aliphatic rings. The maximum absolute atomic E-state index is 11.9. The number of nitrogens with one attached hydrogen (secondary N) is 1. The van der Waals surface area contributed by atoms with Gasteiger partial charge in [0.25, 0.3) is 0 Å². The van der Waals surface area contributed by atoms with E-state index in [1.54, 1.807) is 6.21 Å². The number of hydrogen-bond donors (Lipinski definition) is 1. The molecule has 0 bridgehead atoms. The molecule has 0 saturated carbocycles. The number of terminal acetylenes is 1. The molecule has 5 heteroatoms. The molecular formula is C14H22N4O. The second-order valence-electron chi connectivity index (χ2n) is 4.54. The number of carbonyl (C=O) groups excluding carboxylic acids is 1. The molecule has 0 unspecified atom stereocenters. The van der Waals surface area contributed by atoms with Crippen LogP contribution in [0.25, 0.3) is 0 Å². The van der Waals surface area contributed by atoms with E-state index < -0.39 is 0 Å². The van der Waals surface area contributed by atoms with Crippen molar-refractivity contribution in [1.29, 1.82) is 0 Å². The third-order valence-electron chi connectivity index (χ3n) is 2.86. The van der Waals surface area contributed by atoms with E-state index in [1.807, 2.05) is 6.92 Å². The van der Waals surface area contributed by atoms with Crippen molar-refractivity contribution in [3.63, 3.8) is 0 Å². The van der Waals surface area contributed by atoms with E-state index >= 15 is 0 Å². The summed E-state index contributed by atoms with van der Waals surface area (Å²) in [4.78, 5) is 20.4. The Hall–Kier alpha value is -1.64. The first-order valence-corrected chi connectivity index (χ1v) is 6.55. The molecule has 0 aromatic carbocycles.